The van der Waals surface area contributed by atoms with Crippen LogP contribution in [0.5, 0.6) is 11.5 Å². The fourth-order valence-corrected chi connectivity index (χ4v) is 3.04. The van der Waals surface area contributed by atoms with Gasteiger partial charge in [0.25, 0.3) is 5.91 Å². The molecule has 1 aromatic carbocycles. The molecule has 1 amide bonds. The van der Waals surface area contributed by atoms with Crippen LogP contribution in [0.3, 0.4) is 0 Å². The summed E-state index contributed by atoms with van der Waals surface area (Å²) in [5, 5.41) is 2.88. The molecular formula is C17H23NO4. The second-order valence-electron chi connectivity index (χ2n) is 5.99. The van der Waals surface area contributed by atoms with Crippen LogP contribution in [0.25, 0.3) is 0 Å². The highest BCUT2D eigenvalue weighted by Crippen LogP contribution is 2.32. The molecule has 1 aliphatic carbocycles. The Hall–Kier alpha value is -1.75. The molecule has 0 saturated heterocycles. The predicted molar refractivity (Wildman–Crippen MR) is 82.3 cm³/mol. The summed E-state index contributed by atoms with van der Waals surface area (Å²) in [6.07, 6.45) is 5.28. The molecule has 2 atom stereocenters. The summed E-state index contributed by atoms with van der Waals surface area (Å²) in [7, 11) is 0. The topological polar surface area (TPSA) is 56.8 Å². The Morgan fingerprint density at radius 2 is 2.09 bits per heavy atom. The van der Waals surface area contributed by atoms with Gasteiger partial charge in [0.05, 0.1) is 12.7 Å². The van der Waals surface area contributed by atoms with Gasteiger partial charge in [0, 0.05) is 12.1 Å². The first-order chi connectivity index (χ1) is 10.7. The van der Waals surface area contributed by atoms with Crippen LogP contribution < -0.4 is 14.8 Å². The van der Waals surface area contributed by atoms with E-state index in [0.717, 1.165) is 6.42 Å². The average molecular weight is 305 g/mol. The van der Waals surface area contributed by atoms with Gasteiger partial charge in [-0.3, -0.25) is 4.79 Å². The molecule has 1 heterocycles. The maximum absolute atomic E-state index is 12.1. The van der Waals surface area contributed by atoms with E-state index in [1.54, 1.807) is 18.2 Å². The summed E-state index contributed by atoms with van der Waals surface area (Å²) in [6, 6.07) is 5.21. The zero-order valence-corrected chi connectivity index (χ0v) is 13.0. The number of hydrogen-bond donors (Lipinski definition) is 1. The first-order valence-corrected chi connectivity index (χ1v) is 8.03. The van der Waals surface area contributed by atoms with Gasteiger partial charge in [-0.1, -0.05) is 19.8 Å². The molecule has 2 unspecified atom stereocenters. The van der Waals surface area contributed by atoms with Gasteiger partial charge < -0.3 is 19.5 Å². The van der Waals surface area contributed by atoms with Gasteiger partial charge >= 0.3 is 0 Å². The van der Waals surface area contributed by atoms with Crippen LogP contribution in [0.15, 0.2) is 18.2 Å². The smallest absolute Gasteiger partial charge is 0.251 e. The van der Waals surface area contributed by atoms with Gasteiger partial charge in [-0.25, -0.2) is 0 Å². The third-order valence-electron chi connectivity index (χ3n) is 4.39. The van der Waals surface area contributed by atoms with Crippen molar-refractivity contribution in [1.82, 2.24) is 5.32 Å². The number of nitrogens with one attached hydrogen (secondary N) is 1. The molecule has 1 aliphatic heterocycles. The van der Waals surface area contributed by atoms with E-state index in [1.165, 1.54) is 19.3 Å². The Balaban J connectivity index is 1.42. The van der Waals surface area contributed by atoms with Crippen molar-refractivity contribution in [3.63, 3.8) is 0 Å². The summed E-state index contributed by atoms with van der Waals surface area (Å²) in [5.41, 5.74) is 0.579. The van der Waals surface area contributed by atoms with Crippen molar-refractivity contribution in [2.75, 3.05) is 19.9 Å². The molecule has 0 radical (unpaired) electrons. The van der Waals surface area contributed by atoms with Crippen molar-refractivity contribution in [2.45, 2.75) is 38.7 Å². The molecule has 1 saturated carbocycles. The third kappa shape index (κ3) is 3.53. The van der Waals surface area contributed by atoms with E-state index in [-0.39, 0.29) is 12.7 Å². The molecule has 3 rings (SSSR count). The Kier molecular flexibility index (Phi) is 4.83. The highest BCUT2D eigenvalue weighted by atomic mass is 16.7. The SMILES string of the molecule is CC1CCCCC1OCCNC(=O)c1ccc2c(c1)OCO2. The lowest BCUT2D eigenvalue weighted by Crippen LogP contribution is -2.31. The lowest BCUT2D eigenvalue weighted by molar-refractivity contribution is -0.00293. The molecule has 22 heavy (non-hydrogen) atoms. The molecule has 5 heteroatoms. The number of rotatable bonds is 5. The van der Waals surface area contributed by atoms with Gasteiger partial charge in [-0.2, -0.15) is 0 Å². The number of fused-ring (bicyclic) bond motifs is 1. The monoisotopic (exact) mass is 305 g/mol. The second kappa shape index (κ2) is 7.01. The van der Waals surface area contributed by atoms with Crippen LogP contribution in [0.4, 0.5) is 0 Å². The minimum atomic E-state index is -0.112. The minimum Gasteiger partial charge on any atom is -0.454 e. The van der Waals surface area contributed by atoms with Crippen molar-refractivity contribution < 1.29 is 19.0 Å². The average Bonchev–Trinajstić information content (AvgIpc) is 3.00. The molecule has 0 bridgehead atoms. The highest BCUT2D eigenvalue weighted by Gasteiger charge is 2.21. The minimum absolute atomic E-state index is 0.112. The van der Waals surface area contributed by atoms with E-state index in [4.69, 9.17) is 14.2 Å². The van der Waals surface area contributed by atoms with Crippen LogP contribution >= 0.6 is 0 Å². The molecular weight excluding hydrogens is 282 g/mol. The van der Waals surface area contributed by atoms with Crippen molar-refractivity contribution in [3.8, 4) is 11.5 Å². The predicted octanol–water partition coefficient (Wildman–Crippen LogP) is 2.74. The lowest BCUT2D eigenvalue weighted by Gasteiger charge is -2.28. The normalized spacial score (nSPS) is 23.3. The number of ether oxygens (including phenoxy) is 3. The zero-order chi connectivity index (χ0) is 15.4. The fraction of sp³-hybridized carbons (Fsp3) is 0.588. The molecule has 2 aliphatic rings. The first-order valence-electron chi connectivity index (χ1n) is 8.03. The standard InChI is InChI=1S/C17H23NO4/c1-12-4-2-3-5-14(12)20-9-8-18-17(19)13-6-7-15-16(10-13)22-11-21-15/h6-7,10,12,14H,2-5,8-9,11H2,1H3,(H,18,19). The maximum atomic E-state index is 12.1. The highest BCUT2D eigenvalue weighted by molar-refractivity contribution is 5.94. The van der Waals surface area contributed by atoms with Crippen LogP contribution in [0.2, 0.25) is 0 Å². The van der Waals surface area contributed by atoms with E-state index in [2.05, 4.69) is 12.2 Å². The van der Waals surface area contributed by atoms with Gasteiger partial charge in [-0.15, -0.1) is 0 Å². The molecule has 120 valence electrons. The summed E-state index contributed by atoms with van der Waals surface area (Å²) in [5.74, 6) is 1.82. The van der Waals surface area contributed by atoms with Crippen LogP contribution in [-0.4, -0.2) is 32.0 Å². The van der Waals surface area contributed by atoms with Crippen LogP contribution in [0.1, 0.15) is 43.0 Å². The van der Waals surface area contributed by atoms with E-state index in [9.17, 15) is 4.79 Å². The van der Waals surface area contributed by atoms with Crippen molar-refractivity contribution in [3.05, 3.63) is 23.8 Å². The second-order valence-corrected chi connectivity index (χ2v) is 5.99. The van der Waals surface area contributed by atoms with Gasteiger partial charge in [-0.05, 0) is 37.0 Å². The van der Waals surface area contributed by atoms with E-state index < -0.39 is 0 Å². The van der Waals surface area contributed by atoms with Crippen molar-refractivity contribution >= 4 is 5.91 Å². The Bertz CT molecular complexity index is 531. The zero-order valence-electron chi connectivity index (χ0n) is 13.0. The molecule has 1 aromatic rings. The Morgan fingerprint density at radius 1 is 1.27 bits per heavy atom. The fourth-order valence-electron chi connectivity index (χ4n) is 3.04. The Morgan fingerprint density at radius 3 is 2.95 bits per heavy atom. The van der Waals surface area contributed by atoms with Gasteiger partial charge in [0.1, 0.15) is 0 Å². The summed E-state index contributed by atoms with van der Waals surface area (Å²) in [6.45, 7) is 3.55. The van der Waals surface area contributed by atoms with Crippen LogP contribution in [-0.2, 0) is 4.74 Å². The quantitative estimate of drug-likeness (QED) is 0.850. The largest absolute Gasteiger partial charge is 0.454 e. The lowest BCUT2D eigenvalue weighted by atomic mass is 9.88. The molecule has 1 fully saturated rings. The number of benzene rings is 1. The summed E-state index contributed by atoms with van der Waals surface area (Å²) < 4.78 is 16.4. The number of carbonyl (C=O) groups excluding carboxylic acids is 1. The maximum Gasteiger partial charge on any atom is 0.251 e. The van der Waals surface area contributed by atoms with Gasteiger partial charge in [0.2, 0.25) is 6.79 Å². The van der Waals surface area contributed by atoms with Gasteiger partial charge in [0.15, 0.2) is 11.5 Å². The molecule has 1 N–H and O–H groups in total. The summed E-state index contributed by atoms with van der Waals surface area (Å²) in [4.78, 5) is 12.1. The third-order valence-corrected chi connectivity index (χ3v) is 4.39. The number of amides is 1. The molecule has 0 aromatic heterocycles. The first kappa shape index (κ1) is 15.2. The van der Waals surface area contributed by atoms with E-state index in [1.807, 2.05) is 0 Å². The molecule has 0 spiro atoms. The molecule has 5 nitrogen and oxygen atoms in total. The van der Waals surface area contributed by atoms with E-state index in [0.29, 0.717) is 42.2 Å². The van der Waals surface area contributed by atoms with Crippen molar-refractivity contribution in [1.29, 1.82) is 0 Å². The van der Waals surface area contributed by atoms with E-state index >= 15 is 0 Å². The number of carbonyl (C=O) groups is 1. The number of hydrogen-bond acceptors (Lipinski definition) is 4. The Labute approximate surface area is 130 Å². The van der Waals surface area contributed by atoms with Crippen molar-refractivity contribution in [2.24, 2.45) is 5.92 Å². The van der Waals surface area contributed by atoms with Crippen LogP contribution in [0, 0.1) is 5.92 Å². The summed E-state index contributed by atoms with van der Waals surface area (Å²) >= 11 is 0.